The Balaban J connectivity index is 1.79. The second kappa shape index (κ2) is 7.94. The zero-order valence-corrected chi connectivity index (χ0v) is 16.7. The molecule has 1 aromatic rings. The van der Waals surface area contributed by atoms with E-state index in [-0.39, 0.29) is 18.6 Å². The summed E-state index contributed by atoms with van der Waals surface area (Å²) in [5.74, 6) is -2.88. The molecule has 0 saturated carbocycles. The van der Waals surface area contributed by atoms with E-state index >= 15 is 0 Å². The van der Waals surface area contributed by atoms with E-state index in [1.54, 1.807) is 6.07 Å². The molecular weight excluding hydrogens is 408 g/mol. The quantitative estimate of drug-likeness (QED) is 0.369. The number of carbonyl (C=O) groups is 4. The van der Waals surface area contributed by atoms with E-state index in [4.69, 9.17) is 9.47 Å². The van der Waals surface area contributed by atoms with E-state index in [2.05, 4.69) is 5.32 Å². The minimum atomic E-state index is -1.64. The Labute approximate surface area is 168 Å². The van der Waals surface area contributed by atoms with Crippen LogP contribution < -0.4 is 5.32 Å². The molecule has 28 heavy (non-hydrogen) atoms. The number of carbonyl (C=O) groups excluding carboxylic acids is 3. The lowest BCUT2D eigenvalue weighted by molar-refractivity contribution is -0.201. The molecule has 1 saturated heterocycles. The topological polar surface area (TPSA) is 122 Å². The summed E-state index contributed by atoms with van der Waals surface area (Å²) in [6.45, 7) is 0.976. The van der Waals surface area contributed by atoms with Crippen LogP contribution in [0.25, 0.3) is 0 Å². The molecule has 150 valence electrons. The number of ether oxygens (including phenoxy) is 2. The fourth-order valence-corrected chi connectivity index (χ4v) is 5.10. The molecule has 0 bridgehead atoms. The highest BCUT2D eigenvalue weighted by Gasteiger charge is 2.67. The third-order valence-electron chi connectivity index (χ3n) is 4.37. The average Bonchev–Trinajstić information content (AvgIpc) is 3.15. The number of rotatable bonds is 7. The number of aliphatic carboxylic acids is 1. The van der Waals surface area contributed by atoms with Crippen molar-refractivity contribution in [2.75, 3.05) is 13.7 Å². The van der Waals surface area contributed by atoms with Gasteiger partial charge in [-0.3, -0.25) is 14.4 Å². The molecular formula is C17H18N2O7S2. The summed E-state index contributed by atoms with van der Waals surface area (Å²) in [6, 6.07) is 2.33. The fraction of sp³-hybridized carbons (Fsp3) is 0.412. The highest BCUT2D eigenvalue weighted by atomic mass is 32.2. The molecule has 3 rings (SSSR count). The Morgan fingerprint density at radius 1 is 1.39 bits per heavy atom. The first-order chi connectivity index (χ1) is 13.3. The average molecular weight is 426 g/mol. The standard InChI is InChI=1S/C17H18N2O7S2/c1-9(20)26-7-10-8-28-16-17(25-2,15(24)19(16)13(10)14(22)23)18-12(21)6-11-4-3-5-27-11/h3-5,8,13,16H,6-7H2,1-2H3,(H,18,21)(H,22,23)/t13?,16-,17?/m0/s1. The smallest absolute Gasteiger partial charge is 0.330 e. The monoisotopic (exact) mass is 426 g/mol. The van der Waals surface area contributed by atoms with Crippen LogP contribution in [-0.2, 0) is 35.1 Å². The maximum Gasteiger partial charge on any atom is 0.330 e. The van der Waals surface area contributed by atoms with Crippen molar-refractivity contribution in [1.29, 1.82) is 0 Å². The van der Waals surface area contributed by atoms with Gasteiger partial charge in [0.2, 0.25) is 5.91 Å². The van der Waals surface area contributed by atoms with Crippen LogP contribution in [0.3, 0.4) is 0 Å². The number of fused-ring (bicyclic) bond motifs is 1. The summed E-state index contributed by atoms with van der Waals surface area (Å²) in [5, 5.41) is 14.8. The Kier molecular flexibility index (Phi) is 5.77. The Bertz CT molecular complexity index is 839. The molecule has 2 amide bonds. The number of esters is 1. The normalized spacial score (nSPS) is 26.0. The van der Waals surface area contributed by atoms with Crippen molar-refractivity contribution in [3.05, 3.63) is 33.4 Å². The Morgan fingerprint density at radius 3 is 2.71 bits per heavy atom. The van der Waals surface area contributed by atoms with Crippen LogP contribution in [0.4, 0.5) is 0 Å². The number of thiophene rings is 1. The first-order valence-corrected chi connectivity index (χ1v) is 10.0. The molecule has 0 spiro atoms. The molecule has 9 nitrogen and oxygen atoms in total. The predicted octanol–water partition coefficient (Wildman–Crippen LogP) is 0.565. The number of nitrogens with zero attached hydrogens (tertiary/aromatic N) is 1. The Hall–Kier alpha value is -2.37. The van der Waals surface area contributed by atoms with Gasteiger partial charge in [-0.25, -0.2) is 4.79 Å². The van der Waals surface area contributed by atoms with Crippen molar-refractivity contribution >= 4 is 46.9 Å². The van der Waals surface area contributed by atoms with E-state index in [1.165, 1.54) is 30.8 Å². The van der Waals surface area contributed by atoms with Crippen LogP contribution in [0.2, 0.25) is 0 Å². The minimum absolute atomic E-state index is 0.0867. The molecule has 2 N–H and O–H groups in total. The molecule has 0 radical (unpaired) electrons. The zero-order chi connectivity index (χ0) is 20.5. The summed E-state index contributed by atoms with van der Waals surface area (Å²) in [6.07, 6.45) is 0.0867. The first kappa shape index (κ1) is 20.4. The zero-order valence-electron chi connectivity index (χ0n) is 15.0. The molecule has 0 aromatic carbocycles. The van der Waals surface area contributed by atoms with Gasteiger partial charge in [0.25, 0.3) is 11.6 Å². The maximum absolute atomic E-state index is 12.9. The van der Waals surface area contributed by atoms with Crippen LogP contribution in [0.5, 0.6) is 0 Å². The van der Waals surface area contributed by atoms with Gasteiger partial charge in [-0.1, -0.05) is 6.07 Å². The number of methoxy groups -OCH3 is 1. The third kappa shape index (κ3) is 3.52. The van der Waals surface area contributed by atoms with Crippen molar-refractivity contribution < 1.29 is 33.8 Å². The number of carboxylic acids is 1. The number of hydrogen-bond acceptors (Lipinski definition) is 8. The molecule has 1 aromatic heterocycles. The van der Waals surface area contributed by atoms with Crippen LogP contribution in [0, 0.1) is 0 Å². The number of nitrogens with one attached hydrogen (secondary N) is 1. The number of carboxylic acid groups (broad SMARTS) is 1. The van der Waals surface area contributed by atoms with Crippen molar-refractivity contribution in [3.63, 3.8) is 0 Å². The maximum atomic E-state index is 12.9. The van der Waals surface area contributed by atoms with E-state index < -0.39 is 40.9 Å². The fourth-order valence-electron chi connectivity index (χ4n) is 3.10. The van der Waals surface area contributed by atoms with Crippen molar-refractivity contribution in [2.45, 2.75) is 30.5 Å². The van der Waals surface area contributed by atoms with Crippen molar-refractivity contribution in [2.24, 2.45) is 0 Å². The van der Waals surface area contributed by atoms with Crippen LogP contribution in [0.15, 0.2) is 28.5 Å². The van der Waals surface area contributed by atoms with E-state index in [9.17, 15) is 24.3 Å². The molecule has 3 heterocycles. The number of thioether (sulfide) groups is 1. The summed E-state index contributed by atoms with van der Waals surface area (Å²) in [7, 11) is 1.29. The van der Waals surface area contributed by atoms with E-state index in [0.29, 0.717) is 0 Å². The van der Waals surface area contributed by atoms with Gasteiger partial charge in [0, 0.05) is 24.5 Å². The largest absolute Gasteiger partial charge is 0.479 e. The summed E-state index contributed by atoms with van der Waals surface area (Å²) >= 11 is 2.55. The van der Waals surface area contributed by atoms with E-state index in [1.807, 2.05) is 11.4 Å². The molecule has 0 aliphatic carbocycles. The number of amides is 2. The third-order valence-corrected chi connectivity index (χ3v) is 6.50. The van der Waals surface area contributed by atoms with Gasteiger partial charge < -0.3 is 24.8 Å². The SMILES string of the molecule is COC1(NC(=O)Cc2cccs2)C(=O)N2C(C(=O)O)C(COC(C)=O)=CS[C@H]21. The number of hydrogen-bond donors (Lipinski definition) is 2. The van der Waals surface area contributed by atoms with Gasteiger partial charge >= 0.3 is 11.9 Å². The molecule has 2 aliphatic heterocycles. The molecule has 2 unspecified atom stereocenters. The van der Waals surface area contributed by atoms with Gasteiger partial charge in [0.15, 0.2) is 6.04 Å². The number of β-lactam (4-membered cyclic amide) rings is 1. The van der Waals surface area contributed by atoms with Gasteiger partial charge in [0.1, 0.15) is 12.0 Å². The van der Waals surface area contributed by atoms with Gasteiger partial charge in [-0.05, 0) is 16.9 Å². The molecule has 1 fully saturated rings. The highest BCUT2D eigenvalue weighted by molar-refractivity contribution is 8.03. The highest BCUT2D eigenvalue weighted by Crippen LogP contribution is 2.46. The Morgan fingerprint density at radius 2 is 2.14 bits per heavy atom. The molecule has 11 heteroatoms. The minimum Gasteiger partial charge on any atom is -0.479 e. The first-order valence-electron chi connectivity index (χ1n) is 8.22. The van der Waals surface area contributed by atoms with E-state index in [0.717, 1.165) is 21.5 Å². The predicted molar refractivity (Wildman–Crippen MR) is 100 cm³/mol. The lowest BCUT2D eigenvalue weighted by atomic mass is 9.94. The van der Waals surface area contributed by atoms with Crippen molar-refractivity contribution in [3.8, 4) is 0 Å². The van der Waals surface area contributed by atoms with Gasteiger partial charge in [0.05, 0.1) is 6.42 Å². The van der Waals surface area contributed by atoms with Crippen molar-refractivity contribution in [1.82, 2.24) is 10.2 Å². The lowest BCUT2D eigenvalue weighted by Gasteiger charge is -2.57. The van der Waals surface area contributed by atoms with Gasteiger partial charge in [-0.15, -0.1) is 23.1 Å². The summed E-state index contributed by atoms with van der Waals surface area (Å²) in [4.78, 5) is 50.0. The lowest BCUT2D eigenvalue weighted by Crippen LogP contribution is -2.83. The summed E-state index contributed by atoms with van der Waals surface area (Å²) < 4.78 is 10.2. The van der Waals surface area contributed by atoms with Crippen LogP contribution in [-0.4, -0.2) is 64.6 Å². The van der Waals surface area contributed by atoms with Crippen LogP contribution >= 0.6 is 23.1 Å². The second-order valence-electron chi connectivity index (χ2n) is 6.16. The van der Waals surface area contributed by atoms with Crippen LogP contribution in [0.1, 0.15) is 11.8 Å². The molecule has 2 aliphatic rings. The van der Waals surface area contributed by atoms with Gasteiger partial charge in [-0.2, -0.15) is 0 Å². The second-order valence-corrected chi connectivity index (χ2v) is 8.15. The summed E-state index contributed by atoms with van der Waals surface area (Å²) in [5.41, 5.74) is -1.37. The molecule has 3 atom stereocenters.